The lowest BCUT2D eigenvalue weighted by atomic mass is 10.0. The largest absolute Gasteiger partial charge is 0.444 e. The first-order valence-corrected chi connectivity index (χ1v) is 22.3. The van der Waals surface area contributed by atoms with Crippen LogP contribution in [0.4, 0.5) is 4.79 Å². The lowest BCUT2D eigenvalue weighted by Crippen LogP contribution is -2.42. The molecule has 8 rings (SSSR count). The fourth-order valence-electron chi connectivity index (χ4n) is 8.16. The molecule has 2 aromatic carbocycles. The number of likely N-dealkylation sites (tertiary alicyclic amines) is 1. The van der Waals surface area contributed by atoms with E-state index in [9.17, 15) is 4.79 Å². The molecule has 332 valence electrons. The Morgan fingerprint density at radius 1 is 0.667 bits per heavy atom. The van der Waals surface area contributed by atoms with E-state index in [1.807, 2.05) is 92.5 Å². The van der Waals surface area contributed by atoms with Crippen LogP contribution in [0.2, 0.25) is 0 Å². The summed E-state index contributed by atoms with van der Waals surface area (Å²) in [7, 11) is 0. The Kier molecular flexibility index (Phi) is 14.2. The van der Waals surface area contributed by atoms with Crippen LogP contribution in [-0.2, 0) is 17.6 Å². The summed E-state index contributed by atoms with van der Waals surface area (Å²) in [5, 5.41) is 20.9. The molecule has 1 N–H and O–H groups in total. The van der Waals surface area contributed by atoms with Crippen molar-refractivity contribution < 1.29 is 19.0 Å². The number of aromatic nitrogens is 8. The van der Waals surface area contributed by atoms with Gasteiger partial charge in [0, 0.05) is 25.2 Å². The molecule has 0 atom stereocenters. The van der Waals surface area contributed by atoms with Crippen LogP contribution in [0.5, 0.6) is 23.3 Å². The highest BCUT2D eigenvalue weighted by atomic mass is 16.6. The highest BCUT2D eigenvalue weighted by molar-refractivity contribution is 5.68. The minimum Gasteiger partial charge on any atom is -0.444 e. The molecular formula is C49H62N10O4. The molecule has 6 heterocycles. The standard InChI is InChI=1S/C27H35N5O3.C22H27N5O/c1-7-20-15-18(2)16-22(17-20)34-24-10-8-9-23(28-24)25-19(3)29-30-32(25)21-11-13-31(14-12-21)26(33)35-27(4,5)6;1-4-17-12-15(2)13-19(14-17)28-21-7-5-6-20(24-21)22-16(3)25-26-27(22)18-8-10-23-11-9-18/h8-10,15-17,21H,7,11-14H2,1-6H3;5-7,12-14,18,23H,4,8-11H2,1-3H3. The molecule has 14 nitrogen and oxygen atoms in total. The number of carbonyl (C=O) groups excluding carboxylic acids is 1. The van der Waals surface area contributed by atoms with Gasteiger partial charge in [0.15, 0.2) is 0 Å². The van der Waals surface area contributed by atoms with Crippen LogP contribution in [0.25, 0.3) is 22.8 Å². The van der Waals surface area contributed by atoms with Crippen LogP contribution in [0.1, 0.15) is 106 Å². The molecule has 14 heteroatoms. The van der Waals surface area contributed by atoms with Crippen LogP contribution in [0.3, 0.4) is 0 Å². The minimum absolute atomic E-state index is 0.125. The molecule has 0 saturated carbocycles. The number of benzene rings is 2. The topological polar surface area (TPSA) is 147 Å². The molecule has 63 heavy (non-hydrogen) atoms. The number of hydrogen-bond donors (Lipinski definition) is 1. The number of carbonyl (C=O) groups is 1. The molecule has 1 amide bonds. The zero-order chi connectivity index (χ0) is 44.7. The van der Waals surface area contributed by atoms with Crippen LogP contribution in [0, 0.1) is 27.7 Å². The Balaban J connectivity index is 0.000000193. The maximum atomic E-state index is 12.4. The van der Waals surface area contributed by atoms with Gasteiger partial charge in [-0.05, 0) is 159 Å². The highest BCUT2D eigenvalue weighted by Crippen LogP contribution is 2.33. The molecule has 6 aromatic rings. The van der Waals surface area contributed by atoms with Gasteiger partial charge in [-0.2, -0.15) is 0 Å². The van der Waals surface area contributed by atoms with Crippen LogP contribution < -0.4 is 14.8 Å². The van der Waals surface area contributed by atoms with E-state index in [4.69, 9.17) is 24.2 Å². The van der Waals surface area contributed by atoms with Crippen molar-refractivity contribution >= 4 is 6.09 Å². The van der Waals surface area contributed by atoms with E-state index in [1.165, 1.54) is 16.7 Å². The summed E-state index contributed by atoms with van der Waals surface area (Å²) in [6, 6.07) is 24.7. The van der Waals surface area contributed by atoms with E-state index in [2.05, 4.69) is 77.9 Å². The SMILES string of the molecule is CCc1cc(C)cc(Oc2cccc(-c3c(C)nnn3C3CCN(C(=O)OC(C)(C)C)CC3)n2)c1.CCc1cc(C)cc(Oc2cccc(-c3c(C)nnn3C3CCNCC3)n2)c1. The van der Waals surface area contributed by atoms with Gasteiger partial charge >= 0.3 is 6.09 Å². The summed E-state index contributed by atoms with van der Waals surface area (Å²) < 4.78 is 21.7. The lowest BCUT2D eigenvalue weighted by Gasteiger charge is -2.33. The smallest absolute Gasteiger partial charge is 0.410 e. The maximum absolute atomic E-state index is 12.4. The van der Waals surface area contributed by atoms with Gasteiger partial charge in [-0.25, -0.2) is 24.1 Å². The second-order valence-electron chi connectivity index (χ2n) is 17.6. The molecule has 0 aliphatic carbocycles. The third kappa shape index (κ3) is 11.5. The average Bonchev–Trinajstić information content (AvgIpc) is 3.85. The van der Waals surface area contributed by atoms with Gasteiger partial charge in [0.1, 0.15) is 28.5 Å². The molecule has 0 spiro atoms. The molecule has 0 unspecified atom stereocenters. The molecule has 2 aliphatic rings. The Morgan fingerprint density at radius 2 is 1.13 bits per heavy atom. The number of nitrogens with one attached hydrogen (secondary N) is 1. The number of rotatable bonds is 10. The van der Waals surface area contributed by atoms with E-state index in [0.29, 0.717) is 30.9 Å². The first kappa shape index (κ1) is 44.9. The van der Waals surface area contributed by atoms with E-state index < -0.39 is 5.60 Å². The summed E-state index contributed by atoms with van der Waals surface area (Å²) >= 11 is 0. The Hall–Kier alpha value is -6.15. The van der Waals surface area contributed by atoms with Gasteiger partial charge in [-0.1, -0.05) is 48.5 Å². The van der Waals surface area contributed by atoms with Gasteiger partial charge in [0.05, 0.1) is 34.9 Å². The summed E-state index contributed by atoms with van der Waals surface area (Å²) in [5.74, 6) is 2.72. The monoisotopic (exact) mass is 854 g/mol. The van der Waals surface area contributed by atoms with Crippen molar-refractivity contribution in [1.29, 1.82) is 0 Å². The summed E-state index contributed by atoms with van der Waals surface area (Å²) in [6.07, 6.45) is 5.31. The van der Waals surface area contributed by atoms with Crippen molar-refractivity contribution in [2.45, 2.75) is 119 Å². The first-order chi connectivity index (χ1) is 30.3. The normalized spacial score (nSPS) is 14.8. The predicted molar refractivity (Wildman–Crippen MR) is 244 cm³/mol. The number of aryl methyl sites for hydroxylation is 6. The molecule has 0 bridgehead atoms. The zero-order valence-electron chi connectivity index (χ0n) is 38.3. The lowest BCUT2D eigenvalue weighted by molar-refractivity contribution is 0.0184. The van der Waals surface area contributed by atoms with Gasteiger partial charge in [-0.15, -0.1) is 10.2 Å². The molecule has 4 aromatic heterocycles. The Labute approximate surface area is 371 Å². The number of pyridine rings is 2. The van der Waals surface area contributed by atoms with E-state index in [0.717, 1.165) is 103 Å². The number of nitrogens with zero attached hydrogens (tertiary/aromatic N) is 9. The van der Waals surface area contributed by atoms with E-state index in [-0.39, 0.29) is 12.1 Å². The van der Waals surface area contributed by atoms with Crippen molar-refractivity contribution in [2.75, 3.05) is 26.2 Å². The average molecular weight is 855 g/mol. The molecule has 2 fully saturated rings. The maximum Gasteiger partial charge on any atom is 0.410 e. The van der Waals surface area contributed by atoms with Crippen molar-refractivity contribution in [3.05, 3.63) is 106 Å². The third-order valence-electron chi connectivity index (χ3n) is 11.3. The molecule has 0 radical (unpaired) electrons. The van der Waals surface area contributed by atoms with Crippen molar-refractivity contribution in [3.63, 3.8) is 0 Å². The van der Waals surface area contributed by atoms with Crippen LogP contribution in [0.15, 0.2) is 72.8 Å². The van der Waals surface area contributed by atoms with Crippen LogP contribution in [-0.4, -0.2) is 82.7 Å². The van der Waals surface area contributed by atoms with E-state index in [1.54, 1.807) is 4.90 Å². The van der Waals surface area contributed by atoms with Gasteiger partial charge in [0.2, 0.25) is 11.8 Å². The fraction of sp³-hybridized carbons (Fsp3) is 0.449. The Morgan fingerprint density at radius 3 is 1.57 bits per heavy atom. The second-order valence-corrected chi connectivity index (χ2v) is 17.6. The predicted octanol–water partition coefficient (Wildman–Crippen LogP) is 10.1. The van der Waals surface area contributed by atoms with Gasteiger partial charge in [-0.3, -0.25) is 0 Å². The first-order valence-electron chi connectivity index (χ1n) is 22.3. The van der Waals surface area contributed by atoms with Crippen molar-refractivity contribution in [3.8, 4) is 46.0 Å². The molecule has 2 saturated heterocycles. The van der Waals surface area contributed by atoms with E-state index >= 15 is 0 Å². The van der Waals surface area contributed by atoms with Crippen molar-refractivity contribution in [2.24, 2.45) is 0 Å². The summed E-state index contributed by atoms with van der Waals surface area (Å²) in [5.41, 5.74) is 9.52. The molecule has 2 aliphatic heterocycles. The van der Waals surface area contributed by atoms with Gasteiger partial charge < -0.3 is 24.4 Å². The molecular weight excluding hydrogens is 793 g/mol. The minimum atomic E-state index is -0.501. The van der Waals surface area contributed by atoms with Gasteiger partial charge in [0.25, 0.3) is 0 Å². The number of amides is 1. The quantitative estimate of drug-likeness (QED) is 0.140. The second kappa shape index (κ2) is 19.9. The summed E-state index contributed by atoms with van der Waals surface area (Å²) in [4.78, 5) is 23.8. The number of hydrogen-bond acceptors (Lipinski definition) is 11. The Bertz CT molecular complexity index is 2490. The highest BCUT2D eigenvalue weighted by Gasteiger charge is 2.30. The third-order valence-corrected chi connectivity index (χ3v) is 11.3. The van der Waals surface area contributed by atoms with Crippen molar-refractivity contribution in [1.82, 2.24) is 50.2 Å². The fourth-order valence-corrected chi connectivity index (χ4v) is 8.16. The number of piperidine rings is 2. The van der Waals surface area contributed by atoms with Crippen LogP contribution >= 0.6 is 0 Å². The zero-order valence-corrected chi connectivity index (χ0v) is 38.3. The summed E-state index contributed by atoms with van der Waals surface area (Å²) in [6.45, 7) is 21.3. The number of ether oxygens (including phenoxy) is 3.